The molecular weight excluding hydrogens is 413 g/mol. The fourth-order valence-electron chi connectivity index (χ4n) is 3.77. The number of benzene rings is 2. The molecule has 1 aliphatic heterocycles. The number of carbonyl (C=O) groups excluding carboxylic acids is 1. The maximum atomic E-state index is 12.3. The molecule has 6 nitrogen and oxygen atoms in total. The summed E-state index contributed by atoms with van der Waals surface area (Å²) in [4.78, 5) is 17.7. The van der Waals surface area contributed by atoms with Gasteiger partial charge in [0.15, 0.2) is 0 Å². The van der Waals surface area contributed by atoms with E-state index in [2.05, 4.69) is 16.4 Å². The van der Waals surface area contributed by atoms with Crippen molar-refractivity contribution in [2.45, 2.75) is 13.1 Å². The number of aliphatic hydroxyl groups is 2. The summed E-state index contributed by atoms with van der Waals surface area (Å²) in [6.07, 6.45) is 0. The van der Waals surface area contributed by atoms with Crippen molar-refractivity contribution in [3.05, 3.63) is 58.1 Å². The van der Waals surface area contributed by atoms with E-state index in [-0.39, 0.29) is 31.5 Å². The maximum Gasteiger partial charge on any atom is 0.252 e. The number of halogens is 2. The van der Waals surface area contributed by atoms with Crippen LogP contribution in [0.5, 0.6) is 0 Å². The highest BCUT2D eigenvalue weighted by Gasteiger charge is 2.26. The van der Waals surface area contributed by atoms with Gasteiger partial charge in [-0.25, -0.2) is 0 Å². The van der Waals surface area contributed by atoms with Gasteiger partial charge >= 0.3 is 0 Å². The number of rotatable bonds is 7. The van der Waals surface area contributed by atoms with Crippen molar-refractivity contribution in [1.29, 1.82) is 0 Å². The van der Waals surface area contributed by atoms with Crippen molar-refractivity contribution < 1.29 is 15.0 Å². The standard InChI is InChI=1S/C21H22ClN3O3.ClH/c22-17-3-2-15(20-16(17)11-23-21(20)28)19-10-14-9-13(1-4-18(14)24-19)12-25(5-7-26)6-8-27;/h1-4,9-10,24,26-27H,5-8,11-12H2,(H,23,28);1H. The molecule has 4 rings (SSSR count). The summed E-state index contributed by atoms with van der Waals surface area (Å²) in [6.45, 7) is 2.25. The van der Waals surface area contributed by atoms with Gasteiger partial charge in [-0.3, -0.25) is 9.69 Å². The molecule has 4 N–H and O–H groups in total. The Kier molecular flexibility index (Phi) is 6.82. The number of aliphatic hydroxyl groups excluding tert-OH is 2. The predicted octanol–water partition coefficient (Wildman–Crippen LogP) is 2.94. The van der Waals surface area contributed by atoms with E-state index in [9.17, 15) is 15.0 Å². The average Bonchev–Trinajstić information content (AvgIpc) is 3.27. The first-order valence-electron chi connectivity index (χ1n) is 9.26. The Morgan fingerprint density at radius 1 is 1.07 bits per heavy atom. The van der Waals surface area contributed by atoms with E-state index >= 15 is 0 Å². The highest BCUT2D eigenvalue weighted by atomic mass is 35.5. The molecule has 0 saturated heterocycles. The number of amides is 1. The lowest BCUT2D eigenvalue weighted by molar-refractivity contribution is 0.0966. The minimum Gasteiger partial charge on any atom is -0.395 e. The van der Waals surface area contributed by atoms with Crippen molar-refractivity contribution in [2.24, 2.45) is 0 Å². The van der Waals surface area contributed by atoms with Crippen LogP contribution in [0.1, 0.15) is 21.5 Å². The van der Waals surface area contributed by atoms with Crippen LogP contribution in [0.15, 0.2) is 36.4 Å². The first-order chi connectivity index (χ1) is 13.6. The second kappa shape index (κ2) is 9.15. The molecule has 29 heavy (non-hydrogen) atoms. The van der Waals surface area contributed by atoms with Crippen molar-refractivity contribution in [3.8, 4) is 11.3 Å². The third-order valence-electron chi connectivity index (χ3n) is 5.12. The normalized spacial score (nSPS) is 12.9. The van der Waals surface area contributed by atoms with Crippen LogP contribution in [-0.4, -0.2) is 52.3 Å². The molecule has 0 atom stereocenters. The monoisotopic (exact) mass is 435 g/mol. The van der Waals surface area contributed by atoms with Gasteiger partial charge in [-0.05, 0) is 29.8 Å². The van der Waals surface area contributed by atoms with Gasteiger partial charge in [0.1, 0.15) is 0 Å². The number of carbonyl (C=O) groups is 1. The zero-order valence-corrected chi connectivity index (χ0v) is 17.3. The van der Waals surface area contributed by atoms with E-state index in [0.717, 1.165) is 33.3 Å². The second-order valence-corrected chi connectivity index (χ2v) is 7.37. The van der Waals surface area contributed by atoms with Gasteiger partial charge in [0.05, 0.1) is 18.8 Å². The molecule has 154 valence electrons. The number of hydrogen-bond donors (Lipinski definition) is 4. The van der Waals surface area contributed by atoms with E-state index in [1.54, 1.807) is 0 Å². The fraction of sp³-hybridized carbons (Fsp3) is 0.286. The molecule has 3 aromatic rings. The maximum absolute atomic E-state index is 12.3. The molecule has 0 spiro atoms. The van der Waals surface area contributed by atoms with Crippen LogP contribution in [0.25, 0.3) is 22.2 Å². The molecule has 0 aliphatic carbocycles. The minimum atomic E-state index is -0.101. The van der Waals surface area contributed by atoms with Crippen molar-refractivity contribution in [3.63, 3.8) is 0 Å². The molecule has 8 heteroatoms. The van der Waals surface area contributed by atoms with E-state index in [0.29, 0.717) is 36.8 Å². The lowest BCUT2D eigenvalue weighted by Crippen LogP contribution is -2.29. The van der Waals surface area contributed by atoms with Crippen LogP contribution in [0, 0.1) is 0 Å². The molecular formula is C21H23Cl2N3O3. The van der Waals surface area contributed by atoms with E-state index < -0.39 is 0 Å². The van der Waals surface area contributed by atoms with Gasteiger partial charge in [-0.15, -0.1) is 12.4 Å². The summed E-state index contributed by atoms with van der Waals surface area (Å²) in [5.74, 6) is -0.101. The molecule has 2 heterocycles. The second-order valence-electron chi connectivity index (χ2n) is 6.96. The number of nitrogens with zero attached hydrogens (tertiary/aromatic N) is 1. The Morgan fingerprint density at radius 3 is 2.55 bits per heavy atom. The Morgan fingerprint density at radius 2 is 1.83 bits per heavy atom. The summed E-state index contributed by atoms with van der Waals surface area (Å²) in [5.41, 5.74) is 5.27. The largest absolute Gasteiger partial charge is 0.395 e. The number of fused-ring (bicyclic) bond motifs is 2. The van der Waals surface area contributed by atoms with Crippen molar-refractivity contribution in [1.82, 2.24) is 15.2 Å². The molecule has 0 unspecified atom stereocenters. The van der Waals surface area contributed by atoms with E-state index in [4.69, 9.17) is 11.6 Å². The summed E-state index contributed by atoms with van der Waals surface area (Å²) >= 11 is 6.25. The summed E-state index contributed by atoms with van der Waals surface area (Å²) in [6, 6.07) is 11.9. The van der Waals surface area contributed by atoms with Gasteiger partial charge < -0.3 is 20.5 Å². The van der Waals surface area contributed by atoms with Crippen LogP contribution in [0.3, 0.4) is 0 Å². The highest BCUT2D eigenvalue weighted by molar-refractivity contribution is 6.32. The third kappa shape index (κ3) is 4.27. The van der Waals surface area contributed by atoms with Crippen molar-refractivity contribution in [2.75, 3.05) is 26.3 Å². The zero-order chi connectivity index (χ0) is 19.7. The summed E-state index contributed by atoms with van der Waals surface area (Å²) < 4.78 is 0. The number of nitrogens with one attached hydrogen (secondary N) is 2. The van der Waals surface area contributed by atoms with Crippen LogP contribution in [0.2, 0.25) is 5.02 Å². The molecule has 1 aliphatic rings. The van der Waals surface area contributed by atoms with Gasteiger partial charge in [0, 0.05) is 58.9 Å². The quantitative estimate of drug-likeness (QED) is 0.459. The van der Waals surface area contributed by atoms with Crippen LogP contribution in [-0.2, 0) is 13.1 Å². The summed E-state index contributed by atoms with van der Waals surface area (Å²) in [7, 11) is 0. The average molecular weight is 436 g/mol. The molecule has 2 aromatic carbocycles. The summed E-state index contributed by atoms with van der Waals surface area (Å²) in [5, 5.41) is 22.9. The SMILES string of the molecule is Cl.O=C1NCc2c(Cl)ccc(-c3cc4cc(CN(CCO)CCO)ccc4[nH]3)c21. The Bertz CT molecular complexity index is 1030. The molecule has 0 radical (unpaired) electrons. The van der Waals surface area contributed by atoms with E-state index in [1.165, 1.54) is 0 Å². The Labute approximate surface area is 179 Å². The Hall–Kier alpha value is -2.09. The first kappa shape index (κ1) is 21.6. The van der Waals surface area contributed by atoms with Crippen molar-refractivity contribution >= 4 is 40.8 Å². The highest BCUT2D eigenvalue weighted by Crippen LogP contribution is 2.34. The molecule has 0 bridgehead atoms. The lowest BCUT2D eigenvalue weighted by Gasteiger charge is -2.20. The van der Waals surface area contributed by atoms with Gasteiger partial charge in [0.25, 0.3) is 5.91 Å². The van der Waals surface area contributed by atoms with Gasteiger partial charge in [-0.2, -0.15) is 0 Å². The predicted molar refractivity (Wildman–Crippen MR) is 117 cm³/mol. The molecule has 1 aromatic heterocycles. The smallest absolute Gasteiger partial charge is 0.252 e. The van der Waals surface area contributed by atoms with E-state index in [1.807, 2.05) is 35.2 Å². The zero-order valence-electron chi connectivity index (χ0n) is 15.7. The Balaban J connectivity index is 0.00000240. The van der Waals surface area contributed by atoms with Crippen LogP contribution < -0.4 is 5.32 Å². The fourth-order valence-corrected chi connectivity index (χ4v) is 4.00. The molecule has 0 saturated carbocycles. The number of H-pyrrole nitrogens is 1. The first-order valence-corrected chi connectivity index (χ1v) is 9.64. The van der Waals surface area contributed by atoms with Crippen LogP contribution >= 0.6 is 24.0 Å². The van der Waals surface area contributed by atoms with Gasteiger partial charge in [0.2, 0.25) is 0 Å². The third-order valence-corrected chi connectivity index (χ3v) is 5.48. The minimum absolute atomic E-state index is 0. The number of aromatic amines is 1. The number of aromatic nitrogens is 1. The molecule has 1 amide bonds. The molecule has 0 fully saturated rings. The topological polar surface area (TPSA) is 88.6 Å². The lowest BCUT2D eigenvalue weighted by atomic mass is 10.0. The number of hydrogen-bond acceptors (Lipinski definition) is 4. The van der Waals surface area contributed by atoms with Gasteiger partial charge in [-0.1, -0.05) is 23.7 Å². The van der Waals surface area contributed by atoms with Crippen LogP contribution in [0.4, 0.5) is 0 Å².